The molecule has 0 bridgehead atoms. The Morgan fingerprint density at radius 1 is 1.30 bits per heavy atom. The predicted molar refractivity (Wildman–Crippen MR) is 126 cm³/mol. The summed E-state index contributed by atoms with van der Waals surface area (Å²) in [4.78, 5) is 38.4. The number of rotatable bonds is 7. The molecule has 1 aromatic heterocycles. The van der Waals surface area contributed by atoms with E-state index < -0.39 is 18.0 Å². The van der Waals surface area contributed by atoms with Crippen molar-refractivity contribution in [2.24, 2.45) is 5.92 Å². The molecule has 2 atom stereocenters. The molecule has 1 aliphatic carbocycles. The first-order valence-corrected chi connectivity index (χ1v) is 12.3. The van der Waals surface area contributed by atoms with E-state index in [2.05, 4.69) is 5.32 Å². The van der Waals surface area contributed by atoms with Crippen LogP contribution in [-0.4, -0.2) is 37.0 Å². The highest BCUT2D eigenvalue weighted by Crippen LogP contribution is 2.30. The van der Waals surface area contributed by atoms with Crippen LogP contribution >= 0.6 is 22.9 Å². The van der Waals surface area contributed by atoms with Gasteiger partial charge in [-0.3, -0.25) is 14.5 Å². The lowest BCUT2D eigenvalue weighted by atomic mass is 9.83. The third-order valence-electron chi connectivity index (χ3n) is 6.30. The summed E-state index contributed by atoms with van der Waals surface area (Å²) in [7, 11) is 0. The van der Waals surface area contributed by atoms with Crippen LogP contribution in [0, 0.1) is 18.7 Å². The fraction of sp³-hybridized carbons (Fsp3) is 0.458. The van der Waals surface area contributed by atoms with Crippen molar-refractivity contribution in [1.82, 2.24) is 5.32 Å². The smallest absolute Gasteiger partial charge is 0.414 e. The molecular formula is C24H26ClFN2O4S. The van der Waals surface area contributed by atoms with Crippen LogP contribution in [0.15, 0.2) is 24.3 Å². The zero-order valence-corrected chi connectivity index (χ0v) is 19.9. The Morgan fingerprint density at radius 2 is 2.12 bits per heavy atom. The van der Waals surface area contributed by atoms with Gasteiger partial charge in [0.15, 0.2) is 0 Å². The minimum absolute atomic E-state index is 0.0654. The van der Waals surface area contributed by atoms with Crippen molar-refractivity contribution in [2.75, 3.05) is 18.0 Å². The molecule has 9 heteroatoms. The van der Waals surface area contributed by atoms with Crippen molar-refractivity contribution in [3.05, 3.63) is 50.4 Å². The first-order valence-electron chi connectivity index (χ1n) is 11.1. The molecule has 1 aromatic carbocycles. The first kappa shape index (κ1) is 23.7. The van der Waals surface area contributed by atoms with E-state index in [9.17, 15) is 18.8 Å². The number of anilines is 1. The van der Waals surface area contributed by atoms with Gasteiger partial charge in [0.25, 0.3) is 5.91 Å². The van der Waals surface area contributed by atoms with Crippen molar-refractivity contribution < 1.29 is 23.5 Å². The van der Waals surface area contributed by atoms with Crippen molar-refractivity contribution >= 4 is 46.4 Å². The van der Waals surface area contributed by atoms with Crippen LogP contribution < -0.4 is 10.2 Å². The van der Waals surface area contributed by atoms with Gasteiger partial charge in [-0.05, 0) is 68.0 Å². The Hall–Kier alpha value is -2.45. The second kappa shape index (κ2) is 10.2. The summed E-state index contributed by atoms with van der Waals surface area (Å²) in [6.07, 6.45) is 3.72. The van der Waals surface area contributed by atoms with Gasteiger partial charge in [-0.25, -0.2) is 9.18 Å². The summed E-state index contributed by atoms with van der Waals surface area (Å²) in [5.41, 5.74) is 1.88. The molecule has 4 rings (SSSR count). The SMILES string of the molecule is Cc1cc(N2C[C@H](CNC(=O)c3ccc(Cl)s3)OC2=O)c(F)cc1CCC1CCCCC1=O. The number of nitrogens with zero attached hydrogens (tertiary/aromatic N) is 1. The fourth-order valence-electron chi connectivity index (χ4n) is 4.43. The van der Waals surface area contributed by atoms with Crippen LogP contribution in [0.5, 0.6) is 0 Å². The van der Waals surface area contributed by atoms with Gasteiger partial charge in [0, 0.05) is 12.3 Å². The van der Waals surface area contributed by atoms with E-state index in [-0.39, 0.29) is 30.6 Å². The van der Waals surface area contributed by atoms with E-state index in [4.69, 9.17) is 16.3 Å². The second-order valence-electron chi connectivity index (χ2n) is 8.61. The zero-order chi connectivity index (χ0) is 23.5. The molecule has 0 radical (unpaired) electrons. The summed E-state index contributed by atoms with van der Waals surface area (Å²) in [5, 5.41) is 2.72. The quantitative estimate of drug-likeness (QED) is 0.569. The highest BCUT2D eigenvalue weighted by atomic mass is 35.5. The molecular weight excluding hydrogens is 467 g/mol. The van der Waals surface area contributed by atoms with E-state index in [0.29, 0.717) is 27.8 Å². The summed E-state index contributed by atoms with van der Waals surface area (Å²) >= 11 is 7.02. The molecule has 2 heterocycles. The van der Waals surface area contributed by atoms with Crippen LogP contribution in [0.2, 0.25) is 4.34 Å². The van der Waals surface area contributed by atoms with Crippen LogP contribution in [0.3, 0.4) is 0 Å². The third kappa shape index (κ3) is 5.55. The van der Waals surface area contributed by atoms with E-state index in [1.165, 1.54) is 11.0 Å². The normalized spacial score (nSPS) is 20.8. The van der Waals surface area contributed by atoms with E-state index in [1.54, 1.807) is 18.2 Å². The Morgan fingerprint density at radius 3 is 2.85 bits per heavy atom. The monoisotopic (exact) mass is 492 g/mol. The standard InChI is InChI=1S/C24H26ClFN2O4S/c1-14-10-19(18(26)11-16(14)7-6-15-4-2-3-5-20(15)29)28-13-17(32-24(28)31)12-27-23(30)21-8-9-22(25)33-21/h8-11,15,17H,2-7,12-13H2,1H3,(H,27,30)/t15?,17-/m0/s1. The minimum Gasteiger partial charge on any atom is -0.442 e. The number of amides is 2. The summed E-state index contributed by atoms with van der Waals surface area (Å²) in [6.45, 7) is 2.13. The van der Waals surface area contributed by atoms with Crippen molar-refractivity contribution in [3.63, 3.8) is 0 Å². The zero-order valence-electron chi connectivity index (χ0n) is 18.4. The lowest BCUT2D eigenvalue weighted by molar-refractivity contribution is -0.124. The second-order valence-corrected chi connectivity index (χ2v) is 10.3. The van der Waals surface area contributed by atoms with Crippen molar-refractivity contribution in [1.29, 1.82) is 0 Å². The number of hydrogen-bond acceptors (Lipinski definition) is 5. The van der Waals surface area contributed by atoms with E-state index >= 15 is 0 Å². The molecule has 2 aliphatic rings. The van der Waals surface area contributed by atoms with E-state index in [0.717, 1.165) is 48.1 Å². The summed E-state index contributed by atoms with van der Waals surface area (Å²) in [6, 6.07) is 6.38. The molecule has 1 aliphatic heterocycles. The summed E-state index contributed by atoms with van der Waals surface area (Å²) < 4.78 is 20.8. The Labute approximate surface area is 201 Å². The number of ketones is 1. The number of thiophene rings is 1. The maximum Gasteiger partial charge on any atom is 0.414 e. The lowest BCUT2D eigenvalue weighted by Gasteiger charge is -2.21. The van der Waals surface area contributed by atoms with Gasteiger partial charge in [-0.1, -0.05) is 18.0 Å². The average Bonchev–Trinajstić information content (AvgIpc) is 3.38. The lowest BCUT2D eigenvalue weighted by Crippen LogP contribution is -2.34. The highest BCUT2D eigenvalue weighted by Gasteiger charge is 2.34. The van der Waals surface area contributed by atoms with Gasteiger partial charge in [-0.15, -0.1) is 11.3 Å². The Bertz CT molecular complexity index is 1070. The predicted octanol–water partition coefficient (Wildman–Crippen LogP) is 5.30. The van der Waals surface area contributed by atoms with Gasteiger partial charge in [0.1, 0.15) is 17.7 Å². The van der Waals surface area contributed by atoms with E-state index in [1.807, 2.05) is 6.92 Å². The molecule has 6 nitrogen and oxygen atoms in total. The molecule has 2 aromatic rings. The number of hydrogen-bond donors (Lipinski definition) is 1. The van der Waals surface area contributed by atoms with Gasteiger partial charge in [0.05, 0.1) is 28.0 Å². The molecule has 2 fully saturated rings. The number of benzene rings is 1. The fourth-order valence-corrected chi connectivity index (χ4v) is 5.39. The number of carbonyl (C=O) groups excluding carboxylic acids is 3. The van der Waals surface area contributed by atoms with Gasteiger partial charge < -0.3 is 10.1 Å². The largest absolute Gasteiger partial charge is 0.442 e. The van der Waals surface area contributed by atoms with Crippen molar-refractivity contribution in [2.45, 2.75) is 51.6 Å². The van der Waals surface area contributed by atoms with Crippen LogP contribution in [0.25, 0.3) is 0 Å². The number of cyclic esters (lactones) is 1. The van der Waals surface area contributed by atoms with Gasteiger partial charge in [-0.2, -0.15) is 0 Å². The van der Waals surface area contributed by atoms with Gasteiger partial charge in [0.2, 0.25) is 0 Å². The maximum absolute atomic E-state index is 15.0. The molecule has 33 heavy (non-hydrogen) atoms. The molecule has 2 amide bonds. The number of aryl methyl sites for hydroxylation is 2. The molecule has 0 spiro atoms. The van der Waals surface area contributed by atoms with Crippen LogP contribution in [-0.2, 0) is 16.0 Å². The summed E-state index contributed by atoms with van der Waals surface area (Å²) in [5.74, 6) is -0.420. The molecule has 1 saturated carbocycles. The number of carbonyl (C=O) groups is 3. The minimum atomic E-state index is -0.646. The molecule has 1 unspecified atom stereocenters. The molecule has 1 N–H and O–H groups in total. The Balaban J connectivity index is 1.36. The highest BCUT2D eigenvalue weighted by molar-refractivity contribution is 7.18. The average molecular weight is 493 g/mol. The topological polar surface area (TPSA) is 75.7 Å². The van der Waals surface area contributed by atoms with Crippen LogP contribution in [0.4, 0.5) is 14.9 Å². The Kier molecular flexibility index (Phi) is 7.34. The molecule has 1 saturated heterocycles. The third-order valence-corrected chi connectivity index (χ3v) is 7.53. The number of halogens is 2. The van der Waals surface area contributed by atoms with Crippen LogP contribution in [0.1, 0.15) is 52.9 Å². The van der Waals surface area contributed by atoms with Crippen molar-refractivity contribution in [3.8, 4) is 0 Å². The number of nitrogens with one attached hydrogen (secondary N) is 1. The number of Topliss-reactive ketones (excluding diaryl/α,β-unsaturated/α-hetero) is 1. The maximum atomic E-state index is 15.0. The first-order chi connectivity index (χ1) is 15.8. The van der Waals surface area contributed by atoms with Gasteiger partial charge >= 0.3 is 6.09 Å². The molecule has 176 valence electrons. The number of ether oxygens (including phenoxy) is 1.